The molecular formula is C19H17ClFN3O3. The van der Waals surface area contributed by atoms with Crippen molar-refractivity contribution in [3.63, 3.8) is 0 Å². The highest BCUT2D eigenvalue weighted by atomic mass is 35.5. The third-order valence-corrected chi connectivity index (χ3v) is 4.69. The first-order valence-corrected chi connectivity index (χ1v) is 8.69. The molecule has 27 heavy (non-hydrogen) atoms. The highest BCUT2D eigenvalue weighted by Crippen LogP contribution is 2.32. The molecule has 1 aliphatic heterocycles. The quantitative estimate of drug-likeness (QED) is 0.770. The molecular weight excluding hydrogens is 373 g/mol. The summed E-state index contributed by atoms with van der Waals surface area (Å²) in [5, 5.41) is 5.69. The van der Waals surface area contributed by atoms with Crippen LogP contribution < -0.4 is 10.6 Å². The molecule has 3 rings (SSSR count). The van der Waals surface area contributed by atoms with Gasteiger partial charge in [0.25, 0.3) is 5.91 Å². The zero-order chi connectivity index (χ0) is 19.6. The van der Waals surface area contributed by atoms with E-state index in [1.54, 1.807) is 31.2 Å². The average Bonchev–Trinajstić information content (AvgIpc) is 2.87. The van der Waals surface area contributed by atoms with E-state index < -0.39 is 35.7 Å². The number of halogens is 2. The molecule has 0 spiro atoms. The molecule has 2 aromatic rings. The summed E-state index contributed by atoms with van der Waals surface area (Å²) in [7, 11) is 0. The third kappa shape index (κ3) is 3.64. The maximum absolute atomic E-state index is 13.2. The number of hydrogen-bond acceptors (Lipinski definition) is 3. The number of hydrogen-bond donors (Lipinski definition) is 2. The molecule has 1 saturated heterocycles. The smallest absolute Gasteiger partial charge is 0.324 e. The number of benzene rings is 2. The molecule has 8 heteroatoms. The largest absolute Gasteiger partial charge is 0.325 e. The standard InChI is InChI=1S/C19H17ClFN3O3/c1-2-19(12-6-8-14(21)9-7-12)17(26)24(18(27)23-19)11-16(25)22-15-5-3-4-13(20)10-15/h3-10H,2,11H2,1H3,(H,22,25)(H,23,27)/t19-/m0/s1. The summed E-state index contributed by atoms with van der Waals surface area (Å²) in [4.78, 5) is 38.4. The Morgan fingerprint density at radius 1 is 1.22 bits per heavy atom. The molecule has 2 N–H and O–H groups in total. The van der Waals surface area contributed by atoms with Crippen molar-refractivity contribution >= 4 is 35.1 Å². The van der Waals surface area contributed by atoms with Gasteiger partial charge in [-0.2, -0.15) is 0 Å². The van der Waals surface area contributed by atoms with Gasteiger partial charge in [0.05, 0.1) is 0 Å². The molecule has 0 bridgehead atoms. The van der Waals surface area contributed by atoms with Gasteiger partial charge in [0.2, 0.25) is 5.91 Å². The Hall–Kier alpha value is -2.93. The molecule has 2 aromatic carbocycles. The van der Waals surface area contributed by atoms with Gasteiger partial charge < -0.3 is 10.6 Å². The highest BCUT2D eigenvalue weighted by Gasteiger charge is 2.51. The van der Waals surface area contributed by atoms with Crippen LogP contribution in [-0.4, -0.2) is 29.3 Å². The van der Waals surface area contributed by atoms with Crippen LogP contribution in [0.2, 0.25) is 5.02 Å². The third-order valence-electron chi connectivity index (χ3n) is 4.45. The van der Waals surface area contributed by atoms with Crippen molar-refractivity contribution in [1.29, 1.82) is 0 Å². The zero-order valence-electron chi connectivity index (χ0n) is 14.5. The Morgan fingerprint density at radius 2 is 1.93 bits per heavy atom. The highest BCUT2D eigenvalue weighted by molar-refractivity contribution is 6.30. The predicted octanol–water partition coefficient (Wildman–Crippen LogP) is 3.27. The number of anilines is 1. The van der Waals surface area contributed by atoms with Crippen LogP contribution in [0.1, 0.15) is 18.9 Å². The van der Waals surface area contributed by atoms with Crippen molar-refractivity contribution in [2.75, 3.05) is 11.9 Å². The Labute approximate surface area is 160 Å². The molecule has 1 heterocycles. The number of carbonyl (C=O) groups excluding carboxylic acids is 3. The molecule has 0 radical (unpaired) electrons. The van der Waals surface area contributed by atoms with Gasteiger partial charge in [-0.1, -0.05) is 36.7 Å². The summed E-state index contributed by atoms with van der Waals surface area (Å²) in [6.07, 6.45) is 0.260. The maximum Gasteiger partial charge on any atom is 0.325 e. The second-order valence-corrected chi connectivity index (χ2v) is 6.58. The van der Waals surface area contributed by atoms with Crippen LogP contribution in [0.25, 0.3) is 0 Å². The van der Waals surface area contributed by atoms with Gasteiger partial charge in [0.1, 0.15) is 17.9 Å². The van der Waals surface area contributed by atoms with Crippen molar-refractivity contribution in [3.8, 4) is 0 Å². The lowest BCUT2D eigenvalue weighted by atomic mass is 9.87. The minimum absolute atomic E-state index is 0.260. The first-order valence-electron chi connectivity index (χ1n) is 8.31. The summed E-state index contributed by atoms with van der Waals surface area (Å²) < 4.78 is 13.2. The lowest BCUT2D eigenvalue weighted by Crippen LogP contribution is -2.44. The van der Waals surface area contributed by atoms with E-state index in [2.05, 4.69) is 10.6 Å². The molecule has 0 aromatic heterocycles. The minimum Gasteiger partial charge on any atom is -0.324 e. The second-order valence-electron chi connectivity index (χ2n) is 6.15. The second kappa shape index (κ2) is 7.36. The van der Waals surface area contributed by atoms with E-state index >= 15 is 0 Å². The Morgan fingerprint density at radius 3 is 2.56 bits per heavy atom. The molecule has 0 aliphatic carbocycles. The zero-order valence-corrected chi connectivity index (χ0v) is 15.2. The normalized spacial score (nSPS) is 19.1. The summed E-state index contributed by atoms with van der Waals surface area (Å²) >= 11 is 5.87. The van der Waals surface area contributed by atoms with E-state index in [-0.39, 0.29) is 6.42 Å². The summed E-state index contributed by atoms with van der Waals surface area (Å²) in [5.41, 5.74) is -0.399. The summed E-state index contributed by atoms with van der Waals surface area (Å²) in [6.45, 7) is 1.29. The first-order chi connectivity index (χ1) is 12.9. The van der Waals surface area contributed by atoms with E-state index in [1.807, 2.05) is 0 Å². The van der Waals surface area contributed by atoms with Crippen LogP contribution in [-0.2, 0) is 15.1 Å². The van der Waals surface area contributed by atoms with E-state index in [1.165, 1.54) is 24.3 Å². The van der Waals surface area contributed by atoms with Crippen LogP contribution in [0.3, 0.4) is 0 Å². The van der Waals surface area contributed by atoms with Crippen LogP contribution in [0, 0.1) is 5.82 Å². The van der Waals surface area contributed by atoms with Gasteiger partial charge in [0, 0.05) is 10.7 Å². The van der Waals surface area contributed by atoms with Gasteiger partial charge >= 0.3 is 6.03 Å². The molecule has 1 fully saturated rings. The molecule has 1 aliphatic rings. The van der Waals surface area contributed by atoms with E-state index in [0.717, 1.165) is 4.90 Å². The Bertz CT molecular complexity index is 903. The van der Waals surface area contributed by atoms with Crippen molar-refractivity contribution < 1.29 is 18.8 Å². The fraction of sp³-hybridized carbons (Fsp3) is 0.211. The van der Waals surface area contributed by atoms with Crippen molar-refractivity contribution in [1.82, 2.24) is 10.2 Å². The Balaban J connectivity index is 1.78. The number of nitrogens with zero attached hydrogens (tertiary/aromatic N) is 1. The van der Waals surface area contributed by atoms with Crippen LogP contribution >= 0.6 is 11.6 Å². The van der Waals surface area contributed by atoms with E-state index in [4.69, 9.17) is 11.6 Å². The topological polar surface area (TPSA) is 78.5 Å². The number of amides is 4. The van der Waals surface area contributed by atoms with Crippen LogP contribution in [0.15, 0.2) is 48.5 Å². The van der Waals surface area contributed by atoms with Crippen molar-refractivity contribution in [2.45, 2.75) is 18.9 Å². The van der Waals surface area contributed by atoms with Gasteiger partial charge in [-0.05, 0) is 42.3 Å². The molecule has 0 saturated carbocycles. The average molecular weight is 390 g/mol. The van der Waals surface area contributed by atoms with Crippen molar-refractivity contribution in [2.24, 2.45) is 0 Å². The van der Waals surface area contributed by atoms with Gasteiger partial charge in [-0.25, -0.2) is 9.18 Å². The van der Waals surface area contributed by atoms with Gasteiger partial charge in [-0.3, -0.25) is 14.5 Å². The lowest BCUT2D eigenvalue weighted by molar-refractivity contribution is -0.134. The fourth-order valence-electron chi connectivity index (χ4n) is 3.05. The van der Waals surface area contributed by atoms with Crippen LogP contribution in [0.4, 0.5) is 14.9 Å². The number of imide groups is 1. The number of urea groups is 1. The van der Waals surface area contributed by atoms with Gasteiger partial charge in [-0.15, -0.1) is 0 Å². The summed E-state index contributed by atoms with van der Waals surface area (Å²) in [5.74, 6) is -1.53. The number of carbonyl (C=O) groups is 3. The molecule has 4 amide bonds. The van der Waals surface area contributed by atoms with Gasteiger partial charge in [0.15, 0.2) is 0 Å². The maximum atomic E-state index is 13.2. The first kappa shape index (κ1) is 18.8. The monoisotopic (exact) mass is 389 g/mol. The fourth-order valence-corrected chi connectivity index (χ4v) is 3.24. The number of rotatable bonds is 5. The Kier molecular flexibility index (Phi) is 5.14. The van der Waals surface area contributed by atoms with Crippen molar-refractivity contribution in [3.05, 3.63) is 64.9 Å². The van der Waals surface area contributed by atoms with Crippen LogP contribution in [0.5, 0.6) is 0 Å². The SMILES string of the molecule is CC[C@@]1(c2ccc(F)cc2)NC(=O)N(CC(=O)Nc2cccc(Cl)c2)C1=O. The van der Waals surface area contributed by atoms with E-state index in [9.17, 15) is 18.8 Å². The number of nitrogens with one attached hydrogen (secondary N) is 2. The molecule has 6 nitrogen and oxygen atoms in total. The summed E-state index contributed by atoms with van der Waals surface area (Å²) in [6, 6.07) is 11.2. The predicted molar refractivity (Wildman–Crippen MR) is 98.7 cm³/mol. The molecule has 0 unspecified atom stereocenters. The molecule has 140 valence electrons. The molecule has 1 atom stereocenters. The lowest BCUT2D eigenvalue weighted by Gasteiger charge is -2.25. The minimum atomic E-state index is -1.32. The van der Waals surface area contributed by atoms with E-state index in [0.29, 0.717) is 16.3 Å².